The molecule has 0 heterocycles. The van der Waals surface area contributed by atoms with Crippen LogP contribution in [-0.4, -0.2) is 18.4 Å². The molecule has 0 radical (unpaired) electrons. The first kappa shape index (κ1) is 17.0. The normalized spacial score (nSPS) is 10.2. The number of rotatable bonds is 5. The number of benzene rings is 2. The zero-order valence-electron chi connectivity index (χ0n) is 13.2. The smallest absolute Gasteiger partial charge is 0.251 e. The Morgan fingerprint density at radius 1 is 1.13 bits per heavy atom. The number of carbonyl (C=O) groups is 2. The maximum atomic E-state index is 12.1. The Labute approximate surface area is 140 Å². The van der Waals surface area contributed by atoms with Crippen LogP contribution in [0.15, 0.2) is 42.5 Å². The second-order valence-corrected chi connectivity index (χ2v) is 5.64. The fourth-order valence-corrected chi connectivity index (χ4v) is 2.47. The number of halogens is 1. The third-order valence-electron chi connectivity index (χ3n) is 3.50. The van der Waals surface area contributed by atoms with Gasteiger partial charge in [-0.25, -0.2) is 0 Å². The van der Waals surface area contributed by atoms with Gasteiger partial charge in [0.05, 0.1) is 6.54 Å². The molecule has 0 aliphatic carbocycles. The molecule has 23 heavy (non-hydrogen) atoms. The first-order valence-electron chi connectivity index (χ1n) is 7.43. The molecule has 0 saturated heterocycles. The minimum Gasteiger partial charge on any atom is -0.343 e. The van der Waals surface area contributed by atoms with Crippen molar-refractivity contribution in [2.24, 2.45) is 0 Å². The summed E-state index contributed by atoms with van der Waals surface area (Å²) in [6.45, 7) is 3.88. The summed E-state index contributed by atoms with van der Waals surface area (Å²) in [4.78, 5) is 24.1. The number of para-hydroxylation sites is 1. The maximum absolute atomic E-state index is 12.1. The van der Waals surface area contributed by atoms with E-state index in [-0.39, 0.29) is 18.4 Å². The van der Waals surface area contributed by atoms with Gasteiger partial charge >= 0.3 is 0 Å². The third kappa shape index (κ3) is 4.57. The summed E-state index contributed by atoms with van der Waals surface area (Å²) in [6, 6.07) is 12.5. The highest BCUT2D eigenvalue weighted by atomic mass is 35.5. The summed E-state index contributed by atoms with van der Waals surface area (Å²) < 4.78 is 0. The van der Waals surface area contributed by atoms with Crippen LogP contribution >= 0.6 is 11.6 Å². The summed E-state index contributed by atoms with van der Waals surface area (Å²) in [6.07, 6.45) is 0.826. The van der Waals surface area contributed by atoms with Crippen molar-refractivity contribution in [2.45, 2.75) is 20.3 Å². The fourth-order valence-electron chi connectivity index (χ4n) is 2.28. The van der Waals surface area contributed by atoms with Gasteiger partial charge in [0, 0.05) is 16.3 Å². The summed E-state index contributed by atoms with van der Waals surface area (Å²) in [5.74, 6) is -0.590. The van der Waals surface area contributed by atoms with Crippen LogP contribution in [0.3, 0.4) is 0 Å². The molecule has 0 atom stereocenters. The van der Waals surface area contributed by atoms with Crippen LogP contribution in [0.4, 0.5) is 5.69 Å². The Morgan fingerprint density at radius 2 is 1.87 bits per heavy atom. The molecule has 0 spiro atoms. The van der Waals surface area contributed by atoms with Gasteiger partial charge in [-0.2, -0.15) is 0 Å². The number of hydrogen-bond donors (Lipinski definition) is 2. The van der Waals surface area contributed by atoms with Crippen LogP contribution in [0, 0.1) is 6.92 Å². The topological polar surface area (TPSA) is 58.2 Å². The lowest BCUT2D eigenvalue weighted by atomic mass is 10.1. The number of nitrogens with one attached hydrogen (secondary N) is 2. The average Bonchev–Trinajstić information content (AvgIpc) is 2.54. The lowest BCUT2D eigenvalue weighted by Gasteiger charge is -2.13. The minimum atomic E-state index is -0.330. The summed E-state index contributed by atoms with van der Waals surface area (Å²) >= 11 is 5.85. The molecule has 4 nitrogen and oxygen atoms in total. The second kappa shape index (κ2) is 7.79. The lowest BCUT2D eigenvalue weighted by Crippen LogP contribution is -2.33. The van der Waals surface area contributed by atoms with Crippen molar-refractivity contribution in [3.63, 3.8) is 0 Å². The second-order valence-electron chi connectivity index (χ2n) is 5.20. The van der Waals surface area contributed by atoms with Crippen LogP contribution in [-0.2, 0) is 11.2 Å². The van der Waals surface area contributed by atoms with E-state index in [4.69, 9.17) is 11.6 Å². The van der Waals surface area contributed by atoms with Gasteiger partial charge in [-0.05, 0) is 42.7 Å². The van der Waals surface area contributed by atoms with Gasteiger partial charge in [0.2, 0.25) is 5.91 Å². The molecular weight excluding hydrogens is 312 g/mol. The molecule has 5 heteroatoms. The Morgan fingerprint density at radius 3 is 2.57 bits per heavy atom. The van der Waals surface area contributed by atoms with Crippen LogP contribution < -0.4 is 10.6 Å². The van der Waals surface area contributed by atoms with Crippen molar-refractivity contribution >= 4 is 29.1 Å². The minimum absolute atomic E-state index is 0.0944. The monoisotopic (exact) mass is 330 g/mol. The van der Waals surface area contributed by atoms with E-state index in [0.717, 1.165) is 23.2 Å². The van der Waals surface area contributed by atoms with Crippen molar-refractivity contribution < 1.29 is 9.59 Å². The predicted octanol–water partition coefficient (Wildman–Crippen LogP) is 3.58. The SMILES string of the molecule is CCc1cccc(C)c1NC(=O)CNC(=O)c1cccc(Cl)c1. The van der Waals surface area contributed by atoms with Crippen LogP contribution in [0.1, 0.15) is 28.4 Å². The zero-order valence-corrected chi connectivity index (χ0v) is 13.9. The van der Waals surface area contributed by atoms with Gasteiger partial charge in [0.15, 0.2) is 0 Å². The fraction of sp³-hybridized carbons (Fsp3) is 0.222. The highest BCUT2D eigenvalue weighted by Crippen LogP contribution is 2.20. The largest absolute Gasteiger partial charge is 0.343 e. The van der Waals surface area contributed by atoms with Crippen molar-refractivity contribution in [1.29, 1.82) is 0 Å². The van der Waals surface area contributed by atoms with Crippen LogP contribution in [0.25, 0.3) is 0 Å². The number of amides is 2. The van der Waals surface area contributed by atoms with Gasteiger partial charge in [0.1, 0.15) is 0 Å². The van der Waals surface area contributed by atoms with Crippen molar-refractivity contribution in [2.75, 3.05) is 11.9 Å². The van der Waals surface area contributed by atoms with Gasteiger partial charge in [0.25, 0.3) is 5.91 Å². The molecule has 0 aromatic heterocycles. The van der Waals surface area contributed by atoms with Gasteiger partial charge in [-0.3, -0.25) is 9.59 Å². The Kier molecular flexibility index (Phi) is 5.77. The quantitative estimate of drug-likeness (QED) is 0.880. The molecule has 0 aliphatic heterocycles. The Hall–Kier alpha value is -2.33. The van der Waals surface area contributed by atoms with Crippen molar-refractivity contribution in [3.05, 3.63) is 64.2 Å². The third-order valence-corrected chi connectivity index (χ3v) is 3.74. The molecule has 2 amide bonds. The highest BCUT2D eigenvalue weighted by molar-refractivity contribution is 6.31. The van der Waals surface area contributed by atoms with Crippen LogP contribution in [0.2, 0.25) is 5.02 Å². The number of hydrogen-bond acceptors (Lipinski definition) is 2. The molecule has 0 fully saturated rings. The molecule has 0 saturated carbocycles. The van der Waals surface area contributed by atoms with E-state index >= 15 is 0 Å². The van der Waals surface area contributed by atoms with E-state index in [9.17, 15) is 9.59 Å². The first-order chi connectivity index (χ1) is 11.0. The van der Waals surface area contributed by atoms with Crippen molar-refractivity contribution in [3.8, 4) is 0 Å². The molecule has 0 aliphatic rings. The maximum Gasteiger partial charge on any atom is 0.251 e. The molecule has 0 unspecified atom stereocenters. The predicted molar refractivity (Wildman–Crippen MR) is 93.0 cm³/mol. The molecule has 2 N–H and O–H groups in total. The lowest BCUT2D eigenvalue weighted by molar-refractivity contribution is -0.115. The molecule has 2 aromatic rings. The van der Waals surface area contributed by atoms with E-state index in [1.807, 2.05) is 32.0 Å². The first-order valence-corrected chi connectivity index (χ1v) is 7.81. The Bertz CT molecular complexity index is 729. The van der Waals surface area contributed by atoms with Gasteiger partial charge < -0.3 is 10.6 Å². The molecule has 0 bridgehead atoms. The number of aryl methyl sites for hydroxylation is 2. The van der Waals surface area contributed by atoms with E-state index in [0.29, 0.717) is 10.6 Å². The molecule has 2 rings (SSSR count). The van der Waals surface area contributed by atoms with Crippen LogP contribution in [0.5, 0.6) is 0 Å². The molecule has 2 aromatic carbocycles. The number of carbonyl (C=O) groups excluding carboxylic acids is 2. The highest BCUT2D eigenvalue weighted by Gasteiger charge is 2.11. The summed E-state index contributed by atoms with van der Waals surface area (Å²) in [7, 11) is 0. The van der Waals surface area contributed by atoms with Gasteiger partial charge in [-0.1, -0.05) is 42.8 Å². The number of anilines is 1. The van der Waals surface area contributed by atoms with E-state index in [1.165, 1.54) is 0 Å². The van der Waals surface area contributed by atoms with Gasteiger partial charge in [-0.15, -0.1) is 0 Å². The summed E-state index contributed by atoms with van der Waals surface area (Å²) in [5.41, 5.74) is 3.31. The van der Waals surface area contributed by atoms with E-state index in [1.54, 1.807) is 24.3 Å². The molecular formula is C18H19ClN2O2. The average molecular weight is 331 g/mol. The van der Waals surface area contributed by atoms with Crippen molar-refractivity contribution in [1.82, 2.24) is 5.32 Å². The standard InChI is InChI=1S/C18H19ClN2O2/c1-3-13-7-4-6-12(2)17(13)21-16(22)11-20-18(23)14-8-5-9-15(19)10-14/h4-10H,3,11H2,1-2H3,(H,20,23)(H,21,22). The Balaban J connectivity index is 1.97. The summed E-state index contributed by atoms with van der Waals surface area (Å²) in [5, 5.41) is 5.94. The molecule has 120 valence electrons. The zero-order chi connectivity index (χ0) is 16.8. The van der Waals surface area contributed by atoms with E-state index in [2.05, 4.69) is 10.6 Å². The van der Waals surface area contributed by atoms with E-state index < -0.39 is 0 Å².